The first-order valence-corrected chi connectivity index (χ1v) is 6.41. The molecule has 0 saturated heterocycles. The number of ether oxygens (including phenoxy) is 2. The summed E-state index contributed by atoms with van der Waals surface area (Å²) in [5.74, 6) is 0.552. The SMILES string of the molecule is CCC(C)OCCC(=O)Nc1ccc(OC)cc1N. The number of hydrogen-bond acceptors (Lipinski definition) is 4. The Morgan fingerprint density at radius 2 is 2.21 bits per heavy atom. The molecule has 1 aromatic rings. The van der Waals surface area contributed by atoms with E-state index in [-0.39, 0.29) is 12.0 Å². The quantitative estimate of drug-likeness (QED) is 0.743. The molecule has 0 aliphatic carbocycles. The molecule has 5 heteroatoms. The van der Waals surface area contributed by atoms with Crippen molar-refractivity contribution in [3.8, 4) is 5.75 Å². The lowest BCUT2D eigenvalue weighted by Gasteiger charge is -2.12. The summed E-state index contributed by atoms with van der Waals surface area (Å²) in [4.78, 5) is 11.7. The third kappa shape index (κ3) is 5.18. The van der Waals surface area contributed by atoms with Gasteiger partial charge >= 0.3 is 0 Å². The number of carbonyl (C=O) groups is 1. The minimum absolute atomic E-state index is 0.111. The van der Waals surface area contributed by atoms with E-state index in [9.17, 15) is 4.79 Å². The van der Waals surface area contributed by atoms with Gasteiger partial charge in [0, 0.05) is 6.07 Å². The molecule has 3 N–H and O–H groups in total. The molecule has 1 aromatic carbocycles. The fourth-order valence-corrected chi connectivity index (χ4v) is 1.46. The van der Waals surface area contributed by atoms with E-state index in [0.717, 1.165) is 6.42 Å². The van der Waals surface area contributed by atoms with Crippen LogP contribution in [0.5, 0.6) is 5.75 Å². The van der Waals surface area contributed by atoms with E-state index in [1.54, 1.807) is 25.3 Å². The van der Waals surface area contributed by atoms with E-state index in [0.29, 0.717) is 30.2 Å². The Kier molecular flexibility index (Phi) is 6.15. The molecule has 1 amide bonds. The number of anilines is 2. The van der Waals surface area contributed by atoms with E-state index < -0.39 is 0 Å². The van der Waals surface area contributed by atoms with Gasteiger partial charge in [-0.3, -0.25) is 4.79 Å². The highest BCUT2D eigenvalue weighted by Crippen LogP contribution is 2.24. The normalized spacial score (nSPS) is 11.9. The van der Waals surface area contributed by atoms with Crippen molar-refractivity contribution in [2.45, 2.75) is 32.8 Å². The van der Waals surface area contributed by atoms with Gasteiger partial charge in [0.2, 0.25) is 5.91 Å². The highest BCUT2D eigenvalue weighted by atomic mass is 16.5. The zero-order valence-electron chi connectivity index (χ0n) is 11.7. The maximum absolute atomic E-state index is 11.7. The Balaban J connectivity index is 2.44. The molecule has 1 unspecified atom stereocenters. The van der Waals surface area contributed by atoms with Crippen molar-refractivity contribution < 1.29 is 14.3 Å². The van der Waals surface area contributed by atoms with Gasteiger partial charge in [0.25, 0.3) is 0 Å². The molecule has 106 valence electrons. The van der Waals surface area contributed by atoms with Crippen molar-refractivity contribution in [3.05, 3.63) is 18.2 Å². The van der Waals surface area contributed by atoms with E-state index >= 15 is 0 Å². The fraction of sp³-hybridized carbons (Fsp3) is 0.500. The minimum Gasteiger partial charge on any atom is -0.497 e. The van der Waals surface area contributed by atoms with Gasteiger partial charge in [-0.25, -0.2) is 0 Å². The Bertz CT molecular complexity index is 421. The molecule has 0 aliphatic heterocycles. The predicted molar refractivity (Wildman–Crippen MR) is 76.4 cm³/mol. The van der Waals surface area contributed by atoms with E-state index in [4.69, 9.17) is 15.2 Å². The molecule has 0 spiro atoms. The average molecular weight is 266 g/mol. The largest absolute Gasteiger partial charge is 0.497 e. The Hall–Kier alpha value is -1.75. The molecule has 0 aromatic heterocycles. The number of nitrogens with one attached hydrogen (secondary N) is 1. The number of nitrogen functional groups attached to an aromatic ring is 1. The van der Waals surface area contributed by atoms with Crippen LogP contribution in [0.3, 0.4) is 0 Å². The molecule has 19 heavy (non-hydrogen) atoms. The van der Waals surface area contributed by atoms with E-state index in [2.05, 4.69) is 5.32 Å². The molecule has 5 nitrogen and oxygen atoms in total. The first-order valence-electron chi connectivity index (χ1n) is 6.41. The van der Waals surface area contributed by atoms with Crippen LogP contribution in [0.25, 0.3) is 0 Å². The predicted octanol–water partition coefficient (Wildman–Crippen LogP) is 2.42. The van der Waals surface area contributed by atoms with Crippen molar-refractivity contribution in [1.82, 2.24) is 0 Å². The third-order valence-electron chi connectivity index (χ3n) is 2.84. The van der Waals surface area contributed by atoms with Crippen molar-refractivity contribution in [2.75, 3.05) is 24.8 Å². The molecule has 0 heterocycles. The van der Waals surface area contributed by atoms with Gasteiger partial charge in [-0.15, -0.1) is 0 Å². The van der Waals surface area contributed by atoms with Crippen LogP contribution in [-0.4, -0.2) is 25.7 Å². The second-order valence-corrected chi connectivity index (χ2v) is 4.34. The number of amides is 1. The minimum atomic E-state index is -0.111. The fourth-order valence-electron chi connectivity index (χ4n) is 1.46. The lowest BCUT2D eigenvalue weighted by Crippen LogP contribution is -2.17. The second kappa shape index (κ2) is 7.63. The van der Waals surface area contributed by atoms with Crippen molar-refractivity contribution in [3.63, 3.8) is 0 Å². The summed E-state index contributed by atoms with van der Waals surface area (Å²) in [6.45, 7) is 4.44. The molecular weight excluding hydrogens is 244 g/mol. The Morgan fingerprint density at radius 3 is 2.79 bits per heavy atom. The van der Waals surface area contributed by atoms with Gasteiger partial charge in [0.1, 0.15) is 5.75 Å². The first kappa shape index (κ1) is 15.3. The number of methoxy groups -OCH3 is 1. The average Bonchev–Trinajstić information content (AvgIpc) is 2.40. The maximum Gasteiger partial charge on any atom is 0.226 e. The highest BCUT2D eigenvalue weighted by Gasteiger charge is 2.07. The number of benzene rings is 1. The zero-order valence-corrected chi connectivity index (χ0v) is 11.7. The third-order valence-corrected chi connectivity index (χ3v) is 2.84. The first-order chi connectivity index (χ1) is 9.06. The second-order valence-electron chi connectivity index (χ2n) is 4.34. The van der Waals surface area contributed by atoms with Crippen molar-refractivity contribution >= 4 is 17.3 Å². The standard InChI is InChI=1S/C14H22N2O3/c1-4-10(2)19-8-7-14(17)16-13-6-5-11(18-3)9-12(13)15/h5-6,9-10H,4,7-8,15H2,1-3H3,(H,16,17). The van der Waals surface area contributed by atoms with Crippen LogP contribution in [0.15, 0.2) is 18.2 Å². The van der Waals surface area contributed by atoms with Crippen LogP contribution in [-0.2, 0) is 9.53 Å². The van der Waals surface area contributed by atoms with Gasteiger partial charge in [0.05, 0.1) is 37.6 Å². The molecule has 0 aliphatic rings. The molecule has 1 atom stereocenters. The number of carbonyl (C=O) groups excluding carboxylic acids is 1. The van der Waals surface area contributed by atoms with Crippen LogP contribution in [0, 0.1) is 0 Å². The van der Waals surface area contributed by atoms with Crippen molar-refractivity contribution in [1.29, 1.82) is 0 Å². The zero-order chi connectivity index (χ0) is 14.3. The molecule has 0 fully saturated rings. The van der Waals surface area contributed by atoms with Gasteiger partial charge < -0.3 is 20.5 Å². The van der Waals surface area contributed by atoms with Crippen molar-refractivity contribution in [2.24, 2.45) is 0 Å². The monoisotopic (exact) mass is 266 g/mol. The summed E-state index contributed by atoms with van der Waals surface area (Å²) in [7, 11) is 1.57. The van der Waals surface area contributed by atoms with Crippen LogP contribution in [0.2, 0.25) is 0 Å². The molecule has 0 saturated carbocycles. The van der Waals surface area contributed by atoms with Crippen LogP contribution in [0.1, 0.15) is 26.7 Å². The number of hydrogen-bond donors (Lipinski definition) is 2. The Labute approximate surface area is 114 Å². The molecular formula is C14H22N2O3. The van der Waals surface area contributed by atoms with Crippen LogP contribution >= 0.6 is 0 Å². The van der Waals surface area contributed by atoms with Gasteiger partial charge in [-0.2, -0.15) is 0 Å². The summed E-state index contributed by atoms with van der Waals surface area (Å²) in [6.07, 6.45) is 1.43. The summed E-state index contributed by atoms with van der Waals surface area (Å²) in [6, 6.07) is 5.15. The van der Waals surface area contributed by atoms with Crippen LogP contribution < -0.4 is 15.8 Å². The van der Waals surface area contributed by atoms with Gasteiger partial charge in [0.15, 0.2) is 0 Å². The smallest absolute Gasteiger partial charge is 0.226 e. The van der Waals surface area contributed by atoms with Crippen LogP contribution in [0.4, 0.5) is 11.4 Å². The summed E-state index contributed by atoms with van der Waals surface area (Å²) >= 11 is 0. The summed E-state index contributed by atoms with van der Waals surface area (Å²) in [5.41, 5.74) is 6.89. The molecule has 0 radical (unpaired) electrons. The number of nitrogens with two attached hydrogens (primary N) is 1. The topological polar surface area (TPSA) is 73.6 Å². The lowest BCUT2D eigenvalue weighted by molar-refractivity contribution is -0.117. The van der Waals surface area contributed by atoms with E-state index in [1.165, 1.54) is 0 Å². The summed E-state index contributed by atoms with van der Waals surface area (Å²) < 4.78 is 10.5. The Morgan fingerprint density at radius 1 is 1.47 bits per heavy atom. The highest BCUT2D eigenvalue weighted by molar-refractivity contribution is 5.94. The summed E-state index contributed by atoms with van der Waals surface area (Å²) in [5, 5.41) is 2.75. The maximum atomic E-state index is 11.7. The number of rotatable bonds is 7. The lowest BCUT2D eigenvalue weighted by atomic mass is 10.2. The molecule has 1 rings (SSSR count). The van der Waals surface area contributed by atoms with E-state index in [1.807, 2.05) is 13.8 Å². The van der Waals surface area contributed by atoms with Gasteiger partial charge in [-0.1, -0.05) is 6.92 Å². The van der Waals surface area contributed by atoms with Gasteiger partial charge in [-0.05, 0) is 25.5 Å². The molecule has 0 bridgehead atoms.